The minimum absolute atomic E-state index is 0.196. The van der Waals surface area contributed by atoms with Crippen LogP contribution in [-0.2, 0) is 21.9 Å². The zero-order valence-corrected chi connectivity index (χ0v) is 26.1. The summed E-state index contributed by atoms with van der Waals surface area (Å²) in [6.07, 6.45) is 10.9. The number of aryl methyl sites for hydroxylation is 1. The summed E-state index contributed by atoms with van der Waals surface area (Å²) in [6, 6.07) is 31.6. The van der Waals surface area contributed by atoms with E-state index < -0.39 is 7.82 Å². The maximum absolute atomic E-state index is 14.1. The van der Waals surface area contributed by atoms with Crippen molar-refractivity contribution in [3.05, 3.63) is 125 Å². The third kappa shape index (κ3) is 4.42. The lowest BCUT2D eigenvalue weighted by molar-refractivity contribution is 0.257. The van der Waals surface area contributed by atoms with Crippen molar-refractivity contribution in [1.29, 1.82) is 0 Å². The first-order valence-corrected chi connectivity index (χ1v) is 17.9. The Kier molecular flexibility index (Phi) is 6.34. The summed E-state index contributed by atoms with van der Waals surface area (Å²) in [4.78, 5) is 11.6. The highest BCUT2D eigenvalue weighted by atomic mass is 31.2. The highest BCUT2D eigenvalue weighted by Gasteiger charge is 2.45. The van der Waals surface area contributed by atoms with Crippen LogP contribution < -0.4 is 4.52 Å². The number of fused-ring (bicyclic) bond motifs is 8. The van der Waals surface area contributed by atoms with E-state index in [1.165, 1.54) is 17.5 Å². The Hall–Kier alpha value is -4.11. The Bertz CT molecular complexity index is 2130. The predicted octanol–water partition coefficient (Wildman–Crippen LogP) is 10.7. The Morgan fingerprint density at radius 1 is 0.689 bits per heavy atom. The van der Waals surface area contributed by atoms with E-state index in [1.807, 2.05) is 0 Å². The number of phosphoric ester groups is 1. The number of allylic oxidation sites excluding steroid dienone is 3. The van der Waals surface area contributed by atoms with E-state index in [9.17, 15) is 9.46 Å². The van der Waals surface area contributed by atoms with E-state index in [1.54, 1.807) is 0 Å². The maximum atomic E-state index is 14.1. The van der Waals surface area contributed by atoms with Gasteiger partial charge in [-0.3, -0.25) is 4.89 Å². The van der Waals surface area contributed by atoms with Gasteiger partial charge in [-0.05, 0) is 100 Å². The molecule has 4 nitrogen and oxygen atoms in total. The third-order valence-electron chi connectivity index (χ3n) is 10.5. The van der Waals surface area contributed by atoms with Gasteiger partial charge in [-0.15, -0.1) is 0 Å². The van der Waals surface area contributed by atoms with E-state index in [0.29, 0.717) is 17.4 Å². The Balaban J connectivity index is 1.39. The number of hydrogen-bond acceptors (Lipinski definition) is 3. The van der Waals surface area contributed by atoms with Gasteiger partial charge in [-0.25, -0.2) is 4.57 Å². The average Bonchev–Trinajstić information content (AvgIpc) is 3.20. The lowest BCUT2D eigenvalue weighted by Gasteiger charge is -2.38. The van der Waals surface area contributed by atoms with E-state index in [-0.39, 0.29) is 5.92 Å². The van der Waals surface area contributed by atoms with Gasteiger partial charge in [0.25, 0.3) is 0 Å². The molecule has 0 aromatic heterocycles. The summed E-state index contributed by atoms with van der Waals surface area (Å²) in [6.45, 7) is 0. The van der Waals surface area contributed by atoms with Gasteiger partial charge in [-0.1, -0.05) is 104 Å². The first kappa shape index (κ1) is 27.2. The van der Waals surface area contributed by atoms with Gasteiger partial charge < -0.3 is 9.05 Å². The molecule has 45 heavy (non-hydrogen) atoms. The molecule has 0 bridgehead atoms. The fourth-order valence-corrected chi connectivity index (χ4v) is 9.45. The fourth-order valence-electron chi connectivity index (χ4n) is 8.56. The van der Waals surface area contributed by atoms with Crippen LogP contribution in [-0.4, -0.2) is 4.89 Å². The molecular weight excluding hydrogens is 575 g/mol. The lowest BCUT2D eigenvalue weighted by atomic mass is 9.66. The molecule has 9 rings (SSSR count). The molecule has 0 amide bonds. The second-order valence-electron chi connectivity index (χ2n) is 13.1. The molecule has 224 valence electrons. The topological polar surface area (TPSA) is 55.8 Å². The highest BCUT2D eigenvalue weighted by molar-refractivity contribution is 7.48. The molecule has 1 heterocycles. The van der Waals surface area contributed by atoms with Crippen molar-refractivity contribution in [3.63, 3.8) is 0 Å². The summed E-state index contributed by atoms with van der Waals surface area (Å²) in [5, 5.41) is 4.48. The first-order chi connectivity index (χ1) is 22.1. The molecule has 4 aliphatic rings. The Labute approximate surface area is 263 Å². The quantitative estimate of drug-likeness (QED) is 0.202. The van der Waals surface area contributed by atoms with Crippen LogP contribution >= 0.6 is 7.82 Å². The van der Waals surface area contributed by atoms with Crippen LogP contribution in [0.1, 0.15) is 60.8 Å². The first-order valence-electron chi connectivity index (χ1n) is 16.4. The van der Waals surface area contributed by atoms with Gasteiger partial charge >= 0.3 is 7.82 Å². The van der Waals surface area contributed by atoms with Crippen LogP contribution in [0.5, 0.6) is 5.75 Å². The number of rotatable bonds is 2. The van der Waals surface area contributed by atoms with Crippen molar-refractivity contribution >= 4 is 40.5 Å². The second-order valence-corrected chi connectivity index (χ2v) is 14.4. The molecule has 5 heteroatoms. The molecule has 5 aromatic carbocycles. The smallest absolute Gasteiger partial charge is 0.394 e. The molecule has 0 saturated heterocycles. The van der Waals surface area contributed by atoms with E-state index >= 15 is 0 Å². The molecule has 1 saturated carbocycles. The lowest BCUT2D eigenvalue weighted by Crippen LogP contribution is -2.25. The summed E-state index contributed by atoms with van der Waals surface area (Å²) in [5.74, 6) is 1.55. The number of hydrogen-bond donors (Lipinski definition) is 1. The SMILES string of the molecule is O=P1(O)OC2=C(c3c4c(cc(-c5cccc6ccccc56)c3O1)CCCC4)C1CCCCC1C=C2c1cccc2ccccc12. The van der Waals surface area contributed by atoms with Crippen molar-refractivity contribution in [2.75, 3.05) is 0 Å². The van der Waals surface area contributed by atoms with Crippen LogP contribution in [0.3, 0.4) is 0 Å². The van der Waals surface area contributed by atoms with Crippen LogP contribution in [0.25, 0.3) is 43.8 Å². The van der Waals surface area contributed by atoms with E-state index in [0.717, 1.165) is 99.9 Å². The van der Waals surface area contributed by atoms with E-state index in [2.05, 4.69) is 97.1 Å². The van der Waals surface area contributed by atoms with Crippen molar-refractivity contribution < 1.29 is 18.5 Å². The van der Waals surface area contributed by atoms with Crippen molar-refractivity contribution in [2.45, 2.75) is 51.4 Å². The van der Waals surface area contributed by atoms with Gasteiger partial charge in [0.15, 0.2) is 0 Å². The third-order valence-corrected chi connectivity index (χ3v) is 11.3. The largest absolute Gasteiger partial charge is 0.584 e. The maximum Gasteiger partial charge on any atom is 0.584 e. The molecule has 3 atom stereocenters. The molecular formula is C40H35O4P. The minimum atomic E-state index is -4.56. The highest BCUT2D eigenvalue weighted by Crippen LogP contribution is 2.63. The number of benzene rings is 5. The second kappa shape index (κ2) is 10.5. The van der Waals surface area contributed by atoms with Crippen LogP contribution in [0.15, 0.2) is 103 Å². The van der Waals surface area contributed by atoms with Crippen LogP contribution in [0.4, 0.5) is 0 Å². The molecule has 5 aromatic rings. The molecule has 3 aliphatic carbocycles. The molecule has 0 radical (unpaired) electrons. The van der Waals surface area contributed by atoms with Crippen molar-refractivity contribution in [3.8, 4) is 16.9 Å². The van der Waals surface area contributed by atoms with Gasteiger partial charge in [0, 0.05) is 22.3 Å². The van der Waals surface area contributed by atoms with Gasteiger partial charge in [0.2, 0.25) is 0 Å². The zero-order chi connectivity index (χ0) is 30.1. The predicted molar refractivity (Wildman–Crippen MR) is 182 cm³/mol. The summed E-state index contributed by atoms with van der Waals surface area (Å²) >= 11 is 0. The van der Waals surface area contributed by atoms with Crippen LogP contribution in [0.2, 0.25) is 0 Å². The molecule has 0 spiro atoms. The fraction of sp³-hybridized carbons (Fsp3) is 0.250. The number of phosphoric acid groups is 1. The average molecular weight is 611 g/mol. The Morgan fingerprint density at radius 3 is 2.16 bits per heavy atom. The van der Waals surface area contributed by atoms with Crippen LogP contribution in [0, 0.1) is 11.8 Å². The summed E-state index contributed by atoms with van der Waals surface area (Å²) < 4.78 is 26.8. The minimum Gasteiger partial charge on any atom is -0.394 e. The molecule has 1 fully saturated rings. The molecule has 3 unspecified atom stereocenters. The van der Waals surface area contributed by atoms with Gasteiger partial charge in [-0.2, -0.15) is 0 Å². The standard InChI is InChI=1S/C40H35O4P/c41-45(42)43-39-35(33-21-9-15-25-11-1-5-17-29(25)33)23-27-13-3-7-19-31(27)37(39)38-32-20-8-4-14-28(32)24-36(40(38)44-45)34-22-10-16-26-12-2-6-18-30(26)34/h1-2,5-6,9-12,15-18,21-24,27,31H,3-4,7-8,13-14,19-20H2,(H,41,42). The summed E-state index contributed by atoms with van der Waals surface area (Å²) in [7, 11) is -4.56. The summed E-state index contributed by atoms with van der Waals surface area (Å²) in [5.41, 5.74) is 8.52. The van der Waals surface area contributed by atoms with Gasteiger partial charge in [0.1, 0.15) is 11.5 Å². The molecule has 1 N–H and O–H groups in total. The normalized spacial score (nSPS) is 24.0. The Morgan fingerprint density at radius 2 is 1.36 bits per heavy atom. The monoisotopic (exact) mass is 610 g/mol. The zero-order valence-electron chi connectivity index (χ0n) is 25.2. The van der Waals surface area contributed by atoms with E-state index in [4.69, 9.17) is 9.05 Å². The van der Waals surface area contributed by atoms with Crippen molar-refractivity contribution in [1.82, 2.24) is 0 Å². The molecule has 1 aliphatic heterocycles. The van der Waals surface area contributed by atoms with Gasteiger partial charge in [0.05, 0.1) is 0 Å². The van der Waals surface area contributed by atoms with Crippen molar-refractivity contribution in [2.24, 2.45) is 11.8 Å².